The first kappa shape index (κ1) is 38.6. The standard InChI is InChI=1S/C43H33ClFN13O3/c1-3-28(54-38-35-37(49-20-48-35)50-21-51-38)40-56-30-17-9-15-27(45)33(30)43(61)58(40)25-13-7-10-23(18-25)31-19-47-34(36(46)53-31)41(59)52-22(2)39-55-29-16-8-14-26(44)32(29)42(60)57(39)24-11-5-4-6-12-24/h4-22,28H,3H2,1-2H3,(H2,46,53)(H,52,59)(H2,48,49,50,51,54)/t22-,28-/m0/s1. The van der Waals surface area contributed by atoms with Gasteiger partial charge >= 0.3 is 0 Å². The lowest BCUT2D eigenvalue weighted by molar-refractivity contribution is 0.0933. The van der Waals surface area contributed by atoms with Gasteiger partial charge in [-0.1, -0.05) is 61.0 Å². The maximum absolute atomic E-state index is 15.3. The lowest BCUT2D eigenvalue weighted by atomic mass is 10.1. The summed E-state index contributed by atoms with van der Waals surface area (Å²) in [6.45, 7) is 3.60. The molecule has 9 rings (SSSR count). The van der Waals surface area contributed by atoms with E-state index in [0.29, 0.717) is 51.7 Å². The summed E-state index contributed by atoms with van der Waals surface area (Å²) >= 11 is 6.44. The van der Waals surface area contributed by atoms with Gasteiger partial charge in [-0.2, -0.15) is 0 Å². The quantitative estimate of drug-likeness (QED) is 0.114. The maximum Gasteiger partial charge on any atom is 0.274 e. The van der Waals surface area contributed by atoms with E-state index in [1.54, 1.807) is 79.7 Å². The van der Waals surface area contributed by atoms with Crippen molar-refractivity contribution in [2.24, 2.45) is 0 Å². The first-order valence-electron chi connectivity index (χ1n) is 19.0. The Balaban J connectivity index is 1.06. The number of hydrogen-bond acceptors (Lipinski definition) is 12. The van der Waals surface area contributed by atoms with Crippen molar-refractivity contribution in [2.45, 2.75) is 32.4 Å². The summed E-state index contributed by atoms with van der Waals surface area (Å²) in [7, 11) is 0. The van der Waals surface area contributed by atoms with Crippen molar-refractivity contribution in [1.82, 2.24) is 54.3 Å². The highest BCUT2D eigenvalue weighted by Crippen LogP contribution is 2.29. The van der Waals surface area contributed by atoms with Crippen LogP contribution in [0.1, 0.15) is 54.5 Å². The molecule has 5 N–H and O–H groups in total. The number of fused-ring (bicyclic) bond motifs is 3. The number of halogens is 2. The molecule has 0 saturated heterocycles. The van der Waals surface area contributed by atoms with E-state index in [1.165, 1.54) is 40.1 Å². The molecule has 4 aromatic carbocycles. The minimum Gasteiger partial charge on any atom is -0.382 e. The summed E-state index contributed by atoms with van der Waals surface area (Å²) in [6, 6.07) is 23.6. The molecule has 16 nitrogen and oxygen atoms in total. The van der Waals surface area contributed by atoms with Crippen LogP contribution in [-0.2, 0) is 0 Å². The molecule has 9 aromatic rings. The van der Waals surface area contributed by atoms with E-state index in [4.69, 9.17) is 27.3 Å². The van der Waals surface area contributed by atoms with Crippen LogP contribution in [0.15, 0.2) is 119 Å². The molecule has 18 heteroatoms. The van der Waals surface area contributed by atoms with E-state index in [0.717, 1.165) is 0 Å². The Hall–Kier alpha value is -7.92. The Morgan fingerprint density at radius 1 is 0.836 bits per heavy atom. The predicted octanol–water partition coefficient (Wildman–Crippen LogP) is 6.64. The minimum atomic E-state index is -0.810. The van der Waals surface area contributed by atoms with E-state index in [1.807, 2.05) is 13.0 Å². The fourth-order valence-corrected chi connectivity index (χ4v) is 7.50. The number of nitrogen functional groups attached to an aromatic ring is 1. The highest BCUT2D eigenvalue weighted by molar-refractivity contribution is 6.35. The Kier molecular flexibility index (Phi) is 9.92. The van der Waals surface area contributed by atoms with Crippen LogP contribution in [0.25, 0.3) is 55.6 Å². The van der Waals surface area contributed by atoms with Gasteiger partial charge in [0.1, 0.15) is 34.7 Å². The average molecular weight is 834 g/mol. The van der Waals surface area contributed by atoms with E-state index < -0.39 is 34.9 Å². The topological polar surface area (TPSA) is 217 Å². The lowest BCUT2D eigenvalue weighted by Gasteiger charge is -2.22. The number of para-hydroxylation sites is 1. The highest BCUT2D eigenvalue weighted by Gasteiger charge is 2.25. The molecule has 5 aromatic heterocycles. The molecule has 2 atom stereocenters. The van der Waals surface area contributed by atoms with Crippen LogP contribution in [0, 0.1) is 5.82 Å². The van der Waals surface area contributed by atoms with Crippen LogP contribution < -0.4 is 27.5 Å². The summed E-state index contributed by atoms with van der Waals surface area (Å²) < 4.78 is 18.1. The number of imidazole rings is 1. The largest absolute Gasteiger partial charge is 0.382 e. The number of carbonyl (C=O) groups excluding carboxylic acids is 1. The molecule has 0 aliphatic heterocycles. The van der Waals surface area contributed by atoms with Crippen molar-refractivity contribution >= 4 is 62.1 Å². The summed E-state index contributed by atoms with van der Waals surface area (Å²) in [4.78, 5) is 76.2. The second-order valence-electron chi connectivity index (χ2n) is 14.0. The number of H-pyrrole nitrogens is 1. The molecule has 61 heavy (non-hydrogen) atoms. The zero-order valence-electron chi connectivity index (χ0n) is 32.3. The Labute approximate surface area is 349 Å². The number of benzene rings is 4. The first-order valence-corrected chi connectivity index (χ1v) is 19.4. The Morgan fingerprint density at radius 3 is 2.33 bits per heavy atom. The summed E-state index contributed by atoms with van der Waals surface area (Å²) in [5, 5.41) is 6.55. The van der Waals surface area contributed by atoms with Gasteiger partial charge in [0, 0.05) is 5.56 Å². The monoisotopic (exact) mass is 833 g/mol. The van der Waals surface area contributed by atoms with Gasteiger partial charge in [-0.3, -0.25) is 23.5 Å². The maximum atomic E-state index is 15.3. The van der Waals surface area contributed by atoms with E-state index >= 15 is 4.39 Å². The van der Waals surface area contributed by atoms with Crippen molar-refractivity contribution in [3.63, 3.8) is 0 Å². The van der Waals surface area contributed by atoms with E-state index in [9.17, 15) is 14.4 Å². The van der Waals surface area contributed by atoms with Crippen LogP contribution in [0.5, 0.6) is 0 Å². The van der Waals surface area contributed by atoms with Crippen LogP contribution in [0.2, 0.25) is 5.02 Å². The highest BCUT2D eigenvalue weighted by atomic mass is 35.5. The number of aromatic amines is 1. The van der Waals surface area contributed by atoms with Crippen molar-refractivity contribution in [2.75, 3.05) is 11.1 Å². The molecule has 0 bridgehead atoms. The Morgan fingerprint density at radius 2 is 1.54 bits per heavy atom. The summed E-state index contributed by atoms with van der Waals surface area (Å²) in [5.74, 6) is -0.562. The van der Waals surface area contributed by atoms with Gasteiger partial charge in [0.25, 0.3) is 17.0 Å². The van der Waals surface area contributed by atoms with Gasteiger partial charge in [0.15, 0.2) is 23.0 Å². The number of rotatable bonds is 10. The number of nitrogens with two attached hydrogens (primary N) is 1. The molecule has 0 aliphatic carbocycles. The molecule has 1 amide bonds. The SMILES string of the molecule is CC[C@H](Nc1ncnc2nc[nH]c12)c1nc2cccc(F)c2c(=O)n1-c1cccc(-c2cnc(C(=O)N[C@@H](C)c3nc4cccc(Cl)c4c(=O)n3-c3ccccc3)c(N)n2)c1. The third kappa shape index (κ3) is 6.95. The van der Waals surface area contributed by atoms with Gasteiger partial charge < -0.3 is 21.4 Å². The Bertz CT molecular complexity index is 3300. The first-order chi connectivity index (χ1) is 29.6. The molecule has 0 unspecified atom stereocenters. The summed E-state index contributed by atoms with van der Waals surface area (Å²) in [5.41, 5.74) is 8.45. The predicted molar refractivity (Wildman–Crippen MR) is 229 cm³/mol. The number of anilines is 2. The van der Waals surface area contributed by atoms with Gasteiger partial charge in [-0.15, -0.1) is 0 Å². The lowest BCUT2D eigenvalue weighted by Crippen LogP contribution is -2.34. The fourth-order valence-electron chi connectivity index (χ4n) is 7.25. The molecule has 0 saturated carbocycles. The average Bonchev–Trinajstić information content (AvgIpc) is 3.76. The van der Waals surface area contributed by atoms with Gasteiger partial charge in [-0.25, -0.2) is 39.3 Å². The number of aromatic nitrogens is 10. The van der Waals surface area contributed by atoms with Gasteiger partial charge in [-0.05, 0) is 61.9 Å². The zero-order valence-corrected chi connectivity index (χ0v) is 33.1. The molecular formula is C43H33ClFN13O3. The van der Waals surface area contributed by atoms with Crippen molar-refractivity contribution in [1.29, 1.82) is 0 Å². The second kappa shape index (κ2) is 15.7. The van der Waals surface area contributed by atoms with Crippen LogP contribution in [-0.4, -0.2) is 54.9 Å². The van der Waals surface area contributed by atoms with Crippen LogP contribution in [0.4, 0.5) is 16.0 Å². The van der Waals surface area contributed by atoms with E-state index in [2.05, 4.69) is 40.5 Å². The number of nitrogens with one attached hydrogen (secondary N) is 3. The zero-order chi connectivity index (χ0) is 42.4. The third-order valence-electron chi connectivity index (χ3n) is 10.2. The minimum absolute atomic E-state index is 0.162. The van der Waals surface area contributed by atoms with Crippen molar-refractivity contribution < 1.29 is 9.18 Å². The molecular weight excluding hydrogens is 801 g/mol. The molecule has 0 spiro atoms. The molecule has 5 heterocycles. The fraction of sp³-hybridized carbons (Fsp3) is 0.116. The second-order valence-corrected chi connectivity index (χ2v) is 14.4. The summed E-state index contributed by atoms with van der Waals surface area (Å²) in [6.07, 6.45) is 4.72. The van der Waals surface area contributed by atoms with E-state index in [-0.39, 0.29) is 44.3 Å². The smallest absolute Gasteiger partial charge is 0.274 e. The number of hydrogen-bond donors (Lipinski definition) is 4. The molecule has 302 valence electrons. The van der Waals surface area contributed by atoms with Crippen LogP contribution >= 0.6 is 11.6 Å². The number of carbonyl (C=O) groups is 1. The van der Waals surface area contributed by atoms with Crippen LogP contribution in [0.3, 0.4) is 0 Å². The number of amides is 1. The molecule has 0 aliphatic rings. The number of nitrogens with zero attached hydrogens (tertiary/aromatic N) is 9. The van der Waals surface area contributed by atoms with Crippen molar-refractivity contribution in [3.8, 4) is 22.6 Å². The third-order valence-corrected chi connectivity index (χ3v) is 10.5. The van der Waals surface area contributed by atoms with Gasteiger partial charge in [0.2, 0.25) is 0 Å². The normalized spacial score (nSPS) is 12.5. The molecule has 0 fully saturated rings. The van der Waals surface area contributed by atoms with Gasteiger partial charge in [0.05, 0.1) is 63.1 Å². The molecule has 0 radical (unpaired) electrons. The van der Waals surface area contributed by atoms with Crippen molar-refractivity contribution in [3.05, 3.63) is 159 Å².